The number of nitrogens with one attached hydrogen (secondary N) is 1. The standard InChI is InChI=1S/C24H34N4O3/c1-17(2)14-19-16-31-22-11-7-6-10-20(22)23(29)27(4)12-8-5-9-13-28(19)24(30)21-15-18(3)25-26-21/h6-7,10-11,15,17,19H,5,8-9,12-14,16H2,1-4H3,(H,25,26)/t19-/m0/s1. The molecule has 1 aromatic carbocycles. The summed E-state index contributed by atoms with van der Waals surface area (Å²) in [6.07, 6.45) is 3.52. The predicted octanol–water partition coefficient (Wildman–Crippen LogP) is 3.91. The van der Waals surface area contributed by atoms with Gasteiger partial charge in [-0.25, -0.2) is 0 Å². The lowest BCUT2D eigenvalue weighted by Gasteiger charge is -2.32. The van der Waals surface area contributed by atoms with Crippen LogP contribution in [0.15, 0.2) is 30.3 Å². The van der Waals surface area contributed by atoms with Crippen molar-refractivity contribution in [3.63, 3.8) is 0 Å². The zero-order valence-corrected chi connectivity index (χ0v) is 19.1. The highest BCUT2D eigenvalue weighted by atomic mass is 16.5. The Kier molecular flexibility index (Phi) is 7.71. The number of aromatic nitrogens is 2. The van der Waals surface area contributed by atoms with E-state index in [4.69, 9.17) is 4.74 Å². The van der Waals surface area contributed by atoms with Gasteiger partial charge in [0.15, 0.2) is 0 Å². The second kappa shape index (κ2) is 10.5. The first-order valence-corrected chi connectivity index (χ1v) is 11.2. The van der Waals surface area contributed by atoms with Crippen LogP contribution in [0.4, 0.5) is 0 Å². The van der Waals surface area contributed by atoms with Crippen LogP contribution in [-0.4, -0.2) is 64.6 Å². The van der Waals surface area contributed by atoms with E-state index in [1.54, 1.807) is 17.0 Å². The number of benzene rings is 1. The number of fused-ring (bicyclic) bond motifs is 1. The van der Waals surface area contributed by atoms with Gasteiger partial charge in [0.05, 0.1) is 11.6 Å². The van der Waals surface area contributed by atoms with E-state index in [1.807, 2.05) is 37.1 Å². The molecule has 7 nitrogen and oxygen atoms in total. The zero-order valence-electron chi connectivity index (χ0n) is 19.1. The van der Waals surface area contributed by atoms with E-state index < -0.39 is 0 Å². The topological polar surface area (TPSA) is 78.5 Å². The molecule has 1 aliphatic rings. The van der Waals surface area contributed by atoms with Crippen molar-refractivity contribution in [2.45, 2.75) is 52.5 Å². The number of rotatable bonds is 3. The minimum absolute atomic E-state index is 0.0322. The van der Waals surface area contributed by atoms with Gasteiger partial charge in [0.25, 0.3) is 11.8 Å². The number of nitrogens with zero attached hydrogens (tertiary/aromatic N) is 3. The van der Waals surface area contributed by atoms with Crippen LogP contribution >= 0.6 is 0 Å². The summed E-state index contributed by atoms with van der Waals surface area (Å²) in [6.45, 7) is 7.84. The number of carbonyl (C=O) groups is 2. The number of aryl methyl sites for hydroxylation is 1. The first-order valence-electron chi connectivity index (χ1n) is 11.2. The molecule has 0 fully saturated rings. The minimum atomic E-state index is -0.105. The van der Waals surface area contributed by atoms with Gasteiger partial charge in [-0.05, 0) is 56.7 Å². The molecular weight excluding hydrogens is 392 g/mol. The summed E-state index contributed by atoms with van der Waals surface area (Å²) in [4.78, 5) is 30.0. The third-order valence-corrected chi connectivity index (χ3v) is 5.66. The van der Waals surface area contributed by atoms with E-state index >= 15 is 0 Å². The smallest absolute Gasteiger partial charge is 0.274 e. The van der Waals surface area contributed by atoms with E-state index in [2.05, 4.69) is 24.0 Å². The van der Waals surface area contributed by atoms with Crippen molar-refractivity contribution in [3.8, 4) is 5.75 Å². The van der Waals surface area contributed by atoms with E-state index in [0.29, 0.717) is 42.6 Å². The van der Waals surface area contributed by atoms with Crippen LogP contribution in [-0.2, 0) is 0 Å². The summed E-state index contributed by atoms with van der Waals surface area (Å²) >= 11 is 0. The largest absolute Gasteiger partial charge is 0.491 e. The number of hydrogen-bond acceptors (Lipinski definition) is 4. The average molecular weight is 427 g/mol. The second-order valence-corrected chi connectivity index (χ2v) is 8.81. The maximum atomic E-state index is 13.4. The van der Waals surface area contributed by atoms with Crippen molar-refractivity contribution in [1.82, 2.24) is 20.0 Å². The molecule has 31 heavy (non-hydrogen) atoms. The van der Waals surface area contributed by atoms with Crippen LogP contribution in [0, 0.1) is 12.8 Å². The molecule has 0 saturated heterocycles. The van der Waals surface area contributed by atoms with Gasteiger partial charge in [-0.1, -0.05) is 26.0 Å². The van der Waals surface area contributed by atoms with Crippen molar-refractivity contribution in [1.29, 1.82) is 0 Å². The van der Waals surface area contributed by atoms with Crippen LogP contribution in [0.3, 0.4) is 0 Å². The van der Waals surface area contributed by atoms with Crippen LogP contribution < -0.4 is 4.74 Å². The first kappa shape index (κ1) is 22.8. The Morgan fingerprint density at radius 3 is 2.68 bits per heavy atom. The highest BCUT2D eigenvalue weighted by Gasteiger charge is 2.28. The van der Waals surface area contributed by atoms with Crippen molar-refractivity contribution in [2.24, 2.45) is 5.92 Å². The molecule has 7 heteroatoms. The Balaban J connectivity index is 1.92. The molecule has 0 saturated carbocycles. The molecular formula is C24H34N4O3. The monoisotopic (exact) mass is 426 g/mol. The first-order chi connectivity index (χ1) is 14.9. The molecule has 2 heterocycles. The van der Waals surface area contributed by atoms with Gasteiger partial charge in [-0.3, -0.25) is 14.7 Å². The van der Waals surface area contributed by atoms with Crippen LogP contribution in [0.5, 0.6) is 5.75 Å². The number of ether oxygens (including phenoxy) is 1. The molecule has 168 valence electrons. The average Bonchev–Trinajstić information content (AvgIpc) is 3.18. The summed E-state index contributed by atoms with van der Waals surface area (Å²) in [7, 11) is 1.83. The molecule has 1 aliphatic heterocycles. The number of hydrogen-bond donors (Lipinski definition) is 1. The lowest BCUT2D eigenvalue weighted by Crippen LogP contribution is -2.45. The van der Waals surface area contributed by atoms with Crippen LogP contribution in [0.1, 0.15) is 66.1 Å². The SMILES string of the molecule is Cc1cc(C(=O)N2CCCCCN(C)C(=O)c3ccccc3OC[C@@H]2CC(C)C)n[nH]1. The van der Waals surface area contributed by atoms with E-state index in [0.717, 1.165) is 31.4 Å². The molecule has 0 spiro atoms. The van der Waals surface area contributed by atoms with Crippen LogP contribution in [0.2, 0.25) is 0 Å². The fourth-order valence-electron chi connectivity index (χ4n) is 4.02. The number of H-pyrrole nitrogens is 1. The van der Waals surface area contributed by atoms with E-state index in [9.17, 15) is 9.59 Å². The summed E-state index contributed by atoms with van der Waals surface area (Å²) in [6, 6.07) is 9.05. The maximum absolute atomic E-state index is 13.4. The van der Waals surface area contributed by atoms with E-state index in [1.165, 1.54) is 0 Å². The molecule has 0 bridgehead atoms. The second-order valence-electron chi connectivity index (χ2n) is 8.81. The Morgan fingerprint density at radius 2 is 1.97 bits per heavy atom. The highest BCUT2D eigenvalue weighted by molar-refractivity contribution is 5.96. The van der Waals surface area contributed by atoms with Gasteiger partial charge in [0.2, 0.25) is 0 Å². The Hall–Kier alpha value is -2.83. The number of carbonyl (C=O) groups excluding carboxylic acids is 2. The van der Waals surface area contributed by atoms with Gasteiger partial charge < -0.3 is 14.5 Å². The fraction of sp³-hybridized carbons (Fsp3) is 0.542. The van der Waals surface area contributed by atoms with Gasteiger partial charge in [0, 0.05) is 25.8 Å². The molecule has 0 aliphatic carbocycles. The summed E-state index contributed by atoms with van der Waals surface area (Å²) in [5.41, 5.74) is 1.86. The highest BCUT2D eigenvalue weighted by Crippen LogP contribution is 2.23. The molecule has 0 radical (unpaired) electrons. The summed E-state index contributed by atoms with van der Waals surface area (Å²) < 4.78 is 6.19. The fourth-order valence-corrected chi connectivity index (χ4v) is 4.02. The molecule has 0 unspecified atom stereocenters. The van der Waals surface area contributed by atoms with Crippen molar-refractivity contribution >= 4 is 11.8 Å². The van der Waals surface area contributed by atoms with Gasteiger partial charge in [-0.15, -0.1) is 0 Å². The van der Waals surface area contributed by atoms with Gasteiger partial charge in [-0.2, -0.15) is 5.10 Å². The normalized spacial score (nSPS) is 18.6. The van der Waals surface area contributed by atoms with Gasteiger partial charge >= 0.3 is 0 Å². The third-order valence-electron chi connectivity index (χ3n) is 5.66. The Morgan fingerprint density at radius 1 is 1.23 bits per heavy atom. The Labute approximate surface area is 184 Å². The molecule has 1 N–H and O–H groups in total. The quantitative estimate of drug-likeness (QED) is 0.807. The van der Waals surface area contributed by atoms with Gasteiger partial charge in [0.1, 0.15) is 18.1 Å². The molecule has 1 aromatic heterocycles. The lowest BCUT2D eigenvalue weighted by molar-refractivity contribution is 0.0567. The van der Waals surface area contributed by atoms with E-state index in [-0.39, 0.29) is 17.9 Å². The predicted molar refractivity (Wildman–Crippen MR) is 120 cm³/mol. The Bertz CT molecular complexity index is 892. The minimum Gasteiger partial charge on any atom is -0.491 e. The molecule has 2 aromatic rings. The van der Waals surface area contributed by atoms with Crippen molar-refractivity contribution < 1.29 is 14.3 Å². The maximum Gasteiger partial charge on any atom is 0.274 e. The van der Waals surface area contributed by atoms with Crippen LogP contribution in [0.25, 0.3) is 0 Å². The zero-order chi connectivity index (χ0) is 22.4. The number of para-hydroxylation sites is 1. The van der Waals surface area contributed by atoms with Crippen molar-refractivity contribution in [2.75, 3.05) is 26.7 Å². The summed E-state index contributed by atoms with van der Waals surface area (Å²) in [5, 5.41) is 7.07. The third kappa shape index (κ3) is 5.87. The lowest BCUT2D eigenvalue weighted by atomic mass is 10.0. The number of amides is 2. The van der Waals surface area contributed by atoms with Crippen molar-refractivity contribution in [3.05, 3.63) is 47.3 Å². The summed E-state index contributed by atoms with van der Waals surface area (Å²) in [5.74, 6) is 0.851. The molecule has 3 rings (SSSR count). The molecule has 2 amide bonds. The molecule has 1 atom stereocenters. The number of aromatic amines is 1.